The van der Waals surface area contributed by atoms with Gasteiger partial charge in [0.25, 0.3) is 0 Å². The standard InChI is InChI=1S/C16H21N5/c1-20-8-2-3-11-9-12(6-7-13(11)20)14-15(17)21(18)16(19-14)10-4-5-10/h6-7,9-10H,2-5,8,17-18H2,1H3. The van der Waals surface area contributed by atoms with E-state index in [9.17, 15) is 0 Å². The molecule has 1 aliphatic carbocycles. The summed E-state index contributed by atoms with van der Waals surface area (Å²) >= 11 is 0. The van der Waals surface area contributed by atoms with E-state index in [0.29, 0.717) is 11.7 Å². The van der Waals surface area contributed by atoms with Crippen LogP contribution in [0.15, 0.2) is 18.2 Å². The van der Waals surface area contributed by atoms with E-state index in [4.69, 9.17) is 16.6 Å². The van der Waals surface area contributed by atoms with Gasteiger partial charge in [0.15, 0.2) is 5.82 Å². The number of imidazole rings is 1. The van der Waals surface area contributed by atoms with Crippen LogP contribution < -0.4 is 16.5 Å². The van der Waals surface area contributed by atoms with Crippen LogP contribution in [0.2, 0.25) is 0 Å². The van der Waals surface area contributed by atoms with Gasteiger partial charge in [-0.3, -0.25) is 0 Å². The number of fused-ring (bicyclic) bond motifs is 1. The van der Waals surface area contributed by atoms with Gasteiger partial charge in [-0.15, -0.1) is 0 Å². The van der Waals surface area contributed by atoms with Crippen molar-refractivity contribution in [3.63, 3.8) is 0 Å². The molecule has 0 radical (unpaired) electrons. The van der Waals surface area contributed by atoms with Crippen LogP contribution in [0.1, 0.15) is 36.6 Å². The first-order valence-corrected chi connectivity index (χ1v) is 7.63. The summed E-state index contributed by atoms with van der Waals surface area (Å²) in [4.78, 5) is 7.02. The molecule has 0 bridgehead atoms. The molecule has 0 spiro atoms. The second-order valence-corrected chi connectivity index (χ2v) is 6.22. The monoisotopic (exact) mass is 283 g/mol. The zero-order valence-corrected chi connectivity index (χ0v) is 12.3. The van der Waals surface area contributed by atoms with Crippen LogP contribution in [-0.2, 0) is 6.42 Å². The number of nitrogens with zero attached hydrogens (tertiary/aromatic N) is 3. The summed E-state index contributed by atoms with van der Waals surface area (Å²) < 4.78 is 1.57. The van der Waals surface area contributed by atoms with E-state index in [2.05, 4.69) is 30.1 Å². The quantitative estimate of drug-likeness (QED) is 0.828. The lowest BCUT2D eigenvalue weighted by Crippen LogP contribution is -2.24. The number of anilines is 2. The normalized spacial score (nSPS) is 17.9. The van der Waals surface area contributed by atoms with Gasteiger partial charge in [-0.1, -0.05) is 6.07 Å². The van der Waals surface area contributed by atoms with Crippen molar-refractivity contribution in [3.8, 4) is 11.3 Å². The lowest BCUT2D eigenvalue weighted by Gasteiger charge is -2.27. The number of nitrogens with two attached hydrogens (primary N) is 2. The van der Waals surface area contributed by atoms with Gasteiger partial charge in [0.2, 0.25) is 0 Å². The maximum atomic E-state index is 6.17. The SMILES string of the molecule is CN1CCCc2cc(-c3nc(C4CC4)n(N)c3N)ccc21. The Kier molecular flexibility index (Phi) is 2.64. The maximum absolute atomic E-state index is 6.17. The molecular formula is C16H21N5. The predicted octanol–water partition coefficient (Wildman–Crippen LogP) is 2.11. The van der Waals surface area contributed by atoms with Crippen molar-refractivity contribution in [3.05, 3.63) is 29.6 Å². The third kappa shape index (κ3) is 1.95. The summed E-state index contributed by atoms with van der Waals surface area (Å²) in [6.07, 6.45) is 4.65. The molecule has 1 fully saturated rings. The minimum atomic E-state index is 0.495. The molecule has 0 unspecified atom stereocenters. The van der Waals surface area contributed by atoms with Crippen molar-refractivity contribution in [2.45, 2.75) is 31.6 Å². The molecule has 110 valence electrons. The molecule has 0 saturated heterocycles. The summed E-state index contributed by atoms with van der Waals surface area (Å²) in [6.45, 7) is 1.12. The Morgan fingerprint density at radius 3 is 2.86 bits per heavy atom. The summed E-state index contributed by atoms with van der Waals surface area (Å²) in [5.41, 5.74) is 10.8. The van der Waals surface area contributed by atoms with Gasteiger partial charge in [-0.2, -0.15) is 0 Å². The van der Waals surface area contributed by atoms with Crippen molar-refractivity contribution >= 4 is 11.5 Å². The molecule has 2 aromatic rings. The highest BCUT2D eigenvalue weighted by molar-refractivity contribution is 5.74. The van der Waals surface area contributed by atoms with Crippen LogP contribution in [0.3, 0.4) is 0 Å². The zero-order valence-electron chi connectivity index (χ0n) is 12.3. The van der Waals surface area contributed by atoms with Crippen molar-refractivity contribution in [1.82, 2.24) is 9.66 Å². The number of nitrogen functional groups attached to an aromatic ring is 2. The number of hydrogen-bond acceptors (Lipinski definition) is 4. The smallest absolute Gasteiger partial charge is 0.150 e. The summed E-state index contributed by atoms with van der Waals surface area (Å²) in [5, 5.41) is 0. The molecule has 1 aromatic heterocycles. The molecule has 2 heterocycles. The van der Waals surface area contributed by atoms with E-state index >= 15 is 0 Å². The molecule has 21 heavy (non-hydrogen) atoms. The van der Waals surface area contributed by atoms with E-state index < -0.39 is 0 Å². The van der Waals surface area contributed by atoms with Crippen LogP contribution in [-0.4, -0.2) is 23.3 Å². The highest BCUT2D eigenvalue weighted by Crippen LogP contribution is 2.41. The van der Waals surface area contributed by atoms with Gasteiger partial charge in [0, 0.05) is 30.8 Å². The Morgan fingerprint density at radius 1 is 1.29 bits per heavy atom. The lowest BCUT2D eigenvalue weighted by atomic mass is 9.98. The first-order chi connectivity index (χ1) is 10.1. The van der Waals surface area contributed by atoms with Crippen LogP contribution in [0.4, 0.5) is 11.5 Å². The lowest BCUT2D eigenvalue weighted by molar-refractivity contribution is 0.745. The fourth-order valence-electron chi connectivity index (χ4n) is 3.24. The average Bonchev–Trinajstić information content (AvgIpc) is 3.27. The number of aryl methyl sites for hydroxylation is 1. The van der Waals surface area contributed by atoms with E-state index in [1.54, 1.807) is 4.68 Å². The van der Waals surface area contributed by atoms with Gasteiger partial charge in [0.1, 0.15) is 11.5 Å². The second-order valence-electron chi connectivity index (χ2n) is 6.22. The maximum Gasteiger partial charge on any atom is 0.150 e. The molecule has 4 N–H and O–H groups in total. The molecule has 5 heteroatoms. The van der Waals surface area contributed by atoms with E-state index in [1.165, 1.54) is 30.5 Å². The van der Waals surface area contributed by atoms with Gasteiger partial charge < -0.3 is 16.5 Å². The van der Waals surface area contributed by atoms with E-state index in [-0.39, 0.29) is 0 Å². The van der Waals surface area contributed by atoms with E-state index in [0.717, 1.165) is 30.0 Å². The van der Waals surface area contributed by atoms with Crippen molar-refractivity contribution < 1.29 is 0 Å². The summed E-state index contributed by atoms with van der Waals surface area (Å²) in [7, 11) is 2.14. The van der Waals surface area contributed by atoms with E-state index in [1.807, 2.05) is 0 Å². The van der Waals surface area contributed by atoms with Crippen LogP contribution in [0.25, 0.3) is 11.3 Å². The molecular weight excluding hydrogens is 262 g/mol. The molecule has 5 nitrogen and oxygen atoms in total. The fourth-order valence-corrected chi connectivity index (χ4v) is 3.24. The molecule has 1 saturated carbocycles. The average molecular weight is 283 g/mol. The molecule has 2 aliphatic rings. The Morgan fingerprint density at radius 2 is 2.10 bits per heavy atom. The first-order valence-electron chi connectivity index (χ1n) is 7.63. The van der Waals surface area contributed by atoms with Crippen LogP contribution in [0.5, 0.6) is 0 Å². The Hall–Kier alpha value is -2.17. The van der Waals surface area contributed by atoms with Gasteiger partial charge in [0.05, 0.1) is 0 Å². The Labute approximate surface area is 124 Å². The summed E-state index contributed by atoms with van der Waals surface area (Å²) in [6, 6.07) is 6.51. The minimum Gasteiger partial charge on any atom is -0.382 e. The molecule has 4 rings (SSSR count). The zero-order chi connectivity index (χ0) is 14.6. The third-order valence-corrected chi connectivity index (χ3v) is 4.62. The molecule has 0 atom stereocenters. The molecule has 1 aromatic carbocycles. The highest BCUT2D eigenvalue weighted by Gasteiger charge is 2.30. The van der Waals surface area contributed by atoms with Crippen molar-refractivity contribution in [1.29, 1.82) is 0 Å². The van der Waals surface area contributed by atoms with Crippen LogP contribution in [0, 0.1) is 0 Å². The number of rotatable bonds is 2. The predicted molar refractivity (Wildman–Crippen MR) is 85.8 cm³/mol. The number of benzene rings is 1. The third-order valence-electron chi connectivity index (χ3n) is 4.62. The fraction of sp³-hybridized carbons (Fsp3) is 0.438. The molecule has 1 aliphatic heterocycles. The van der Waals surface area contributed by atoms with Gasteiger partial charge >= 0.3 is 0 Å². The van der Waals surface area contributed by atoms with Crippen molar-refractivity contribution in [2.24, 2.45) is 0 Å². The van der Waals surface area contributed by atoms with Crippen LogP contribution >= 0.6 is 0 Å². The first kappa shape index (κ1) is 12.6. The summed E-state index contributed by atoms with van der Waals surface area (Å²) in [5.74, 6) is 8.06. The largest absolute Gasteiger partial charge is 0.382 e. The number of aromatic nitrogens is 2. The minimum absolute atomic E-state index is 0.495. The number of hydrogen-bond donors (Lipinski definition) is 2. The Balaban J connectivity index is 1.78. The molecule has 0 amide bonds. The Bertz CT molecular complexity index is 699. The van der Waals surface area contributed by atoms with Gasteiger partial charge in [-0.05, 0) is 43.4 Å². The van der Waals surface area contributed by atoms with Crippen molar-refractivity contribution in [2.75, 3.05) is 30.1 Å². The highest BCUT2D eigenvalue weighted by atomic mass is 15.4. The topological polar surface area (TPSA) is 73.1 Å². The van der Waals surface area contributed by atoms with Gasteiger partial charge in [-0.25, -0.2) is 9.66 Å². The second kappa shape index (κ2) is 4.41.